The molecule has 4 nitrogen and oxygen atoms in total. The second-order valence-electron chi connectivity index (χ2n) is 8.56. The van der Waals surface area contributed by atoms with Gasteiger partial charge in [-0.3, -0.25) is 9.59 Å². The summed E-state index contributed by atoms with van der Waals surface area (Å²) in [4.78, 5) is 25.4. The van der Waals surface area contributed by atoms with Crippen molar-refractivity contribution in [3.8, 4) is 0 Å². The third-order valence-electron chi connectivity index (χ3n) is 5.44. The van der Waals surface area contributed by atoms with Gasteiger partial charge in [-0.1, -0.05) is 97.5 Å². The summed E-state index contributed by atoms with van der Waals surface area (Å²) in [6.45, 7) is 11.7. The number of carbonyl (C=O) groups excluding carboxylic acids is 2. The van der Waals surface area contributed by atoms with E-state index in [9.17, 15) is 9.59 Å². The zero-order valence-corrected chi connectivity index (χ0v) is 20.0. The maximum Gasteiger partial charge on any atom is 0.314 e. The van der Waals surface area contributed by atoms with Crippen LogP contribution in [-0.4, -0.2) is 11.9 Å². The molecule has 0 amide bonds. The first-order valence-electron chi connectivity index (χ1n) is 12.1. The van der Waals surface area contributed by atoms with Gasteiger partial charge in [-0.15, -0.1) is 0 Å². The van der Waals surface area contributed by atoms with Gasteiger partial charge in [0.2, 0.25) is 0 Å². The van der Waals surface area contributed by atoms with E-state index in [1.165, 1.54) is 51.0 Å². The molecule has 4 heteroatoms. The molecule has 30 heavy (non-hydrogen) atoms. The van der Waals surface area contributed by atoms with Crippen molar-refractivity contribution in [2.75, 3.05) is 0 Å². The average Bonchev–Trinajstić information content (AvgIpc) is 2.72. The van der Waals surface area contributed by atoms with Crippen LogP contribution in [0.25, 0.3) is 0 Å². The van der Waals surface area contributed by atoms with Gasteiger partial charge in [-0.05, 0) is 32.3 Å². The molecule has 0 aliphatic rings. The van der Waals surface area contributed by atoms with E-state index in [1.54, 1.807) is 0 Å². The molecule has 0 aliphatic heterocycles. The monoisotopic (exact) mass is 422 g/mol. The Kier molecular flexibility index (Phi) is 18.4. The molecule has 0 rings (SSSR count). The lowest BCUT2D eigenvalue weighted by molar-refractivity contribution is -0.155. The molecule has 2 unspecified atom stereocenters. The summed E-state index contributed by atoms with van der Waals surface area (Å²) in [5.41, 5.74) is 0.918. The van der Waals surface area contributed by atoms with Gasteiger partial charge in [-0.25, -0.2) is 0 Å². The number of esters is 2. The van der Waals surface area contributed by atoms with Crippen LogP contribution >= 0.6 is 0 Å². The molecule has 0 saturated heterocycles. The first kappa shape index (κ1) is 28.4. The Morgan fingerprint density at radius 1 is 0.700 bits per heavy atom. The Labute approximate surface area is 185 Å². The maximum absolute atomic E-state index is 12.8. The molecule has 0 aromatic carbocycles. The third-order valence-corrected chi connectivity index (χ3v) is 5.44. The van der Waals surface area contributed by atoms with E-state index in [1.807, 2.05) is 13.8 Å². The van der Waals surface area contributed by atoms with E-state index in [-0.39, 0.29) is 11.9 Å². The lowest BCUT2D eigenvalue weighted by atomic mass is 9.83. The molecule has 0 aromatic heterocycles. The van der Waals surface area contributed by atoms with Gasteiger partial charge in [0.05, 0.1) is 24.4 Å². The molecule has 0 radical (unpaired) electrons. The zero-order valence-electron chi connectivity index (χ0n) is 20.0. The van der Waals surface area contributed by atoms with E-state index >= 15 is 0 Å². The molecule has 0 aliphatic carbocycles. The molecule has 0 aromatic rings. The molecule has 0 bridgehead atoms. The van der Waals surface area contributed by atoms with Crippen LogP contribution in [0.3, 0.4) is 0 Å². The van der Waals surface area contributed by atoms with E-state index in [4.69, 9.17) is 9.47 Å². The van der Waals surface area contributed by atoms with Crippen LogP contribution in [0.1, 0.15) is 118 Å². The minimum Gasteiger partial charge on any atom is -0.435 e. The average molecular weight is 423 g/mol. The summed E-state index contributed by atoms with van der Waals surface area (Å²) in [6.07, 6.45) is 17.8. The maximum atomic E-state index is 12.8. The number of ether oxygens (including phenoxy) is 2. The highest BCUT2D eigenvalue weighted by Gasteiger charge is 2.35. The van der Waals surface area contributed by atoms with Crippen LogP contribution in [0.4, 0.5) is 0 Å². The molecule has 0 fully saturated rings. The fourth-order valence-corrected chi connectivity index (χ4v) is 3.69. The van der Waals surface area contributed by atoms with Crippen LogP contribution < -0.4 is 0 Å². The van der Waals surface area contributed by atoms with Gasteiger partial charge < -0.3 is 9.47 Å². The number of rotatable bonds is 19. The second-order valence-corrected chi connectivity index (χ2v) is 8.56. The smallest absolute Gasteiger partial charge is 0.314 e. The van der Waals surface area contributed by atoms with Crippen LogP contribution in [0.5, 0.6) is 0 Å². The summed E-state index contributed by atoms with van der Waals surface area (Å²) in [6, 6.07) is 0. The summed E-state index contributed by atoms with van der Waals surface area (Å²) < 4.78 is 10.5. The Morgan fingerprint density at radius 2 is 1.10 bits per heavy atom. The SMILES string of the molecule is C=COC(=O)C(CCCCCCCCCC)C(CCCCCC)C(=O)OC=C(C)C. The lowest BCUT2D eigenvalue weighted by Crippen LogP contribution is -2.31. The van der Waals surface area contributed by atoms with Crippen molar-refractivity contribution in [3.05, 3.63) is 24.7 Å². The highest BCUT2D eigenvalue weighted by Crippen LogP contribution is 2.28. The van der Waals surface area contributed by atoms with Gasteiger partial charge in [0.15, 0.2) is 0 Å². The largest absolute Gasteiger partial charge is 0.435 e. The van der Waals surface area contributed by atoms with Crippen LogP contribution in [0.15, 0.2) is 24.7 Å². The van der Waals surface area contributed by atoms with E-state index < -0.39 is 11.8 Å². The van der Waals surface area contributed by atoms with Crippen LogP contribution in [-0.2, 0) is 19.1 Å². The standard InChI is InChI=1S/C26H46O4/c1-6-9-11-13-14-15-16-18-20-23(25(27)29-8-3)24(19-17-12-10-7-2)26(28)30-21-22(4)5/h8,21,23-24H,3,6-7,9-20H2,1-2,4-5H3. The summed E-state index contributed by atoms with van der Waals surface area (Å²) >= 11 is 0. The van der Waals surface area contributed by atoms with Gasteiger partial charge in [0.1, 0.15) is 0 Å². The Hall–Kier alpha value is -1.58. The van der Waals surface area contributed by atoms with Crippen LogP contribution in [0, 0.1) is 11.8 Å². The first-order chi connectivity index (χ1) is 14.5. The van der Waals surface area contributed by atoms with Gasteiger partial charge >= 0.3 is 11.9 Å². The Balaban J connectivity index is 4.93. The molecule has 174 valence electrons. The normalized spacial score (nSPS) is 12.7. The number of hydrogen-bond acceptors (Lipinski definition) is 4. The molecule has 0 N–H and O–H groups in total. The molecule has 2 atom stereocenters. The molecule has 0 spiro atoms. The second kappa shape index (κ2) is 19.4. The number of unbranched alkanes of at least 4 members (excludes halogenated alkanes) is 10. The summed E-state index contributed by atoms with van der Waals surface area (Å²) in [7, 11) is 0. The summed E-state index contributed by atoms with van der Waals surface area (Å²) in [5, 5.41) is 0. The zero-order chi connectivity index (χ0) is 22.6. The minimum atomic E-state index is -0.470. The van der Waals surface area contributed by atoms with Crippen LogP contribution in [0.2, 0.25) is 0 Å². The number of carbonyl (C=O) groups is 2. The predicted octanol–water partition coefficient (Wildman–Crippen LogP) is 7.87. The van der Waals surface area contributed by atoms with Crippen molar-refractivity contribution in [1.82, 2.24) is 0 Å². The highest BCUT2D eigenvalue weighted by atomic mass is 16.5. The van der Waals surface area contributed by atoms with Gasteiger partial charge in [-0.2, -0.15) is 0 Å². The summed E-state index contributed by atoms with van der Waals surface area (Å²) in [5.74, 6) is -1.61. The van der Waals surface area contributed by atoms with Crippen molar-refractivity contribution in [1.29, 1.82) is 0 Å². The highest BCUT2D eigenvalue weighted by molar-refractivity contribution is 5.82. The third kappa shape index (κ3) is 14.4. The fraction of sp³-hybridized carbons (Fsp3) is 0.769. The molecular weight excluding hydrogens is 376 g/mol. The first-order valence-corrected chi connectivity index (χ1v) is 12.1. The lowest BCUT2D eigenvalue weighted by Gasteiger charge is -2.23. The van der Waals surface area contributed by atoms with Crippen molar-refractivity contribution in [3.63, 3.8) is 0 Å². The molecule has 0 heterocycles. The van der Waals surface area contributed by atoms with Crippen molar-refractivity contribution in [2.45, 2.75) is 118 Å². The topological polar surface area (TPSA) is 52.6 Å². The minimum absolute atomic E-state index is 0.321. The van der Waals surface area contributed by atoms with Gasteiger partial charge in [0, 0.05) is 0 Å². The van der Waals surface area contributed by atoms with Crippen molar-refractivity contribution in [2.24, 2.45) is 11.8 Å². The quantitative estimate of drug-likeness (QED) is 0.121. The molecule has 0 saturated carbocycles. The predicted molar refractivity (Wildman–Crippen MR) is 125 cm³/mol. The fourth-order valence-electron chi connectivity index (χ4n) is 3.69. The van der Waals surface area contributed by atoms with E-state index in [2.05, 4.69) is 20.4 Å². The number of allylic oxidation sites excluding steroid dienone is 1. The van der Waals surface area contributed by atoms with E-state index in [0.717, 1.165) is 44.1 Å². The van der Waals surface area contributed by atoms with Crippen molar-refractivity contribution >= 4 is 11.9 Å². The number of hydrogen-bond donors (Lipinski definition) is 0. The van der Waals surface area contributed by atoms with Gasteiger partial charge in [0.25, 0.3) is 0 Å². The molecular formula is C26H46O4. The van der Waals surface area contributed by atoms with E-state index in [0.29, 0.717) is 12.8 Å². The Bertz CT molecular complexity index is 491. The Morgan fingerprint density at radius 3 is 1.53 bits per heavy atom. The van der Waals surface area contributed by atoms with Crippen molar-refractivity contribution < 1.29 is 19.1 Å².